The smallest absolute Gasteiger partial charge is 0.0992 e. The van der Waals surface area contributed by atoms with Crippen LogP contribution >= 0.6 is 0 Å². The van der Waals surface area contributed by atoms with Crippen molar-refractivity contribution in [1.82, 2.24) is 9.13 Å². The number of hydrogen-bond acceptors (Lipinski definition) is 3. The van der Waals surface area contributed by atoms with Crippen LogP contribution in [0.5, 0.6) is 0 Å². The Morgan fingerprint density at radius 1 is 0.571 bits per heavy atom. The minimum absolute atomic E-state index is 0.419. The molecular weight excluding hydrogens is 599 g/mol. The summed E-state index contributed by atoms with van der Waals surface area (Å²) >= 11 is 0. The molecule has 2 aromatic heterocycles. The minimum atomic E-state index is 0.419. The second kappa shape index (κ2) is 12.6. The van der Waals surface area contributed by atoms with E-state index in [9.17, 15) is 10.5 Å². The van der Waals surface area contributed by atoms with Crippen molar-refractivity contribution >= 4 is 66.9 Å². The molecule has 0 saturated heterocycles. The van der Waals surface area contributed by atoms with Gasteiger partial charge < -0.3 is 14.5 Å². The highest BCUT2D eigenvalue weighted by Gasteiger charge is 2.16. The number of aromatic nitrogens is 2. The molecule has 2 heterocycles. The zero-order chi connectivity index (χ0) is 33.2. The molecule has 0 bridgehead atoms. The third kappa shape index (κ3) is 5.22. The predicted molar refractivity (Wildman–Crippen MR) is 203 cm³/mol. The van der Waals surface area contributed by atoms with Gasteiger partial charge in [-0.3, -0.25) is 0 Å². The first-order valence-electron chi connectivity index (χ1n) is 16.1. The maximum absolute atomic E-state index is 10.4. The van der Waals surface area contributed by atoms with Crippen LogP contribution in [-0.2, 0) is 0 Å². The minimum Gasteiger partial charge on any atom is -0.355 e. The van der Waals surface area contributed by atoms with E-state index in [4.69, 9.17) is 0 Å². The van der Waals surface area contributed by atoms with Gasteiger partial charge in [0.05, 0.1) is 45.5 Å². The molecule has 0 aliphatic rings. The Labute approximate surface area is 283 Å². The third-order valence-electron chi connectivity index (χ3n) is 8.89. The van der Waals surface area contributed by atoms with Crippen LogP contribution in [0.15, 0.2) is 169 Å². The molecule has 5 heteroatoms. The second-order valence-electron chi connectivity index (χ2n) is 11.7. The van der Waals surface area contributed by atoms with Crippen LogP contribution in [0.3, 0.4) is 0 Å². The molecular formula is C44H29N5. The van der Waals surface area contributed by atoms with Crippen molar-refractivity contribution in [2.45, 2.75) is 0 Å². The lowest BCUT2D eigenvalue weighted by molar-refractivity contribution is 1.23. The molecule has 0 amide bonds. The average Bonchev–Trinajstić information content (AvgIpc) is 3.66. The van der Waals surface area contributed by atoms with E-state index in [0.29, 0.717) is 11.3 Å². The highest BCUT2D eigenvalue weighted by molar-refractivity contribution is 6.17. The van der Waals surface area contributed by atoms with Crippen molar-refractivity contribution in [3.05, 3.63) is 169 Å². The van der Waals surface area contributed by atoms with Gasteiger partial charge in [0.1, 0.15) is 0 Å². The quantitative estimate of drug-likeness (QED) is 0.141. The van der Waals surface area contributed by atoms with Gasteiger partial charge in [0.2, 0.25) is 0 Å². The first-order valence-corrected chi connectivity index (χ1v) is 16.1. The van der Waals surface area contributed by atoms with E-state index in [1.165, 1.54) is 6.08 Å². The van der Waals surface area contributed by atoms with Crippen LogP contribution in [0.4, 0.5) is 11.4 Å². The number of nitrogens with one attached hydrogen (secondary N) is 1. The van der Waals surface area contributed by atoms with Gasteiger partial charge in [-0.05, 0) is 60.2 Å². The fourth-order valence-electron chi connectivity index (χ4n) is 6.81. The monoisotopic (exact) mass is 627 g/mol. The molecule has 0 radical (unpaired) electrons. The first-order chi connectivity index (χ1) is 24.2. The van der Waals surface area contributed by atoms with Gasteiger partial charge in [-0.25, -0.2) is 0 Å². The Morgan fingerprint density at radius 2 is 1.16 bits per heavy atom. The molecule has 5 nitrogen and oxygen atoms in total. The fourth-order valence-corrected chi connectivity index (χ4v) is 6.81. The second-order valence-corrected chi connectivity index (χ2v) is 11.7. The van der Waals surface area contributed by atoms with Crippen LogP contribution in [0.1, 0.15) is 0 Å². The van der Waals surface area contributed by atoms with Crippen LogP contribution in [0, 0.1) is 22.7 Å². The Balaban J connectivity index is 1.26. The molecule has 1 N–H and O–H groups in total. The van der Waals surface area contributed by atoms with Crippen molar-refractivity contribution in [2.75, 3.05) is 5.32 Å². The molecule has 8 rings (SSSR count). The highest BCUT2D eigenvalue weighted by Crippen LogP contribution is 2.40. The van der Waals surface area contributed by atoms with Crippen molar-refractivity contribution in [3.8, 4) is 23.3 Å². The highest BCUT2D eigenvalue weighted by atomic mass is 15.0. The average molecular weight is 628 g/mol. The number of nitriles is 2. The lowest BCUT2D eigenvalue weighted by Crippen LogP contribution is -1.95. The molecule has 230 valence electrons. The number of allylic oxidation sites excluding steroid dienone is 5. The maximum Gasteiger partial charge on any atom is 0.0992 e. The van der Waals surface area contributed by atoms with E-state index in [1.807, 2.05) is 83.6 Å². The number of fused-ring (bicyclic) bond motifs is 6. The Hall–Kier alpha value is -7.08. The van der Waals surface area contributed by atoms with E-state index < -0.39 is 0 Å². The Kier molecular flexibility index (Phi) is 7.55. The Bertz CT molecular complexity index is 2650. The van der Waals surface area contributed by atoms with Gasteiger partial charge in [-0.1, -0.05) is 103 Å². The van der Waals surface area contributed by atoms with Crippen molar-refractivity contribution in [1.29, 1.82) is 10.5 Å². The summed E-state index contributed by atoms with van der Waals surface area (Å²) in [6.07, 6.45) is 7.05. The van der Waals surface area contributed by atoms with E-state index in [1.54, 1.807) is 6.08 Å². The summed E-state index contributed by atoms with van der Waals surface area (Å²) in [6, 6.07) is 54.1. The van der Waals surface area contributed by atoms with Crippen molar-refractivity contribution in [2.24, 2.45) is 0 Å². The molecule has 6 aromatic carbocycles. The summed E-state index contributed by atoms with van der Waals surface area (Å²) in [5, 5.41) is 28.2. The van der Waals surface area contributed by atoms with Gasteiger partial charge in [-0.2, -0.15) is 10.5 Å². The van der Waals surface area contributed by atoms with Crippen molar-refractivity contribution < 1.29 is 0 Å². The van der Waals surface area contributed by atoms with Crippen LogP contribution < -0.4 is 5.32 Å². The van der Waals surface area contributed by atoms with Crippen LogP contribution in [0.25, 0.3) is 66.6 Å². The molecule has 0 atom stereocenters. The van der Waals surface area contributed by atoms with Gasteiger partial charge in [0.25, 0.3) is 0 Å². The predicted octanol–water partition coefficient (Wildman–Crippen LogP) is 11.3. The molecule has 0 fully saturated rings. The SMILES string of the molecule is N#C/C=C(/C=C(C#N)\C=C\n1c2ccccc2c2c(-c3ccccc3Nc3ccccc3)cccc21)n1c2ccccc2c2ccccc21. The molecule has 0 aliphatic carbocycles. The lowest BCUT2D eigenvalue weighted by Gasteiger charge is -2.13. The van der Waals surface area contributed by atoms with Gasteiger partial charge in [0.15, 0.2) is 0 Å². The van der Waals surface area contributed by atoms with Crippen LogP contribution in [0.2, 0.25) is 0 Å². The first kappa shape index (κ1) is 29.3. The topological polar surface area (TPSA) is 69.5 Å². The number of anilines is 2. The number of rotatable bonds is 7. The summed E-state index contributed by atoms with van der Waals surface area (Å²) in [7, 11) is 0. The van der Waals surface area contributed by atoms with Gasteiger partial charge in [0, 0.05) is 50.8 Å². The summed E-state index contributed by atoms with van der Waals surface area (Å²) in [4.78, 5) is 0. The fraction of sp³-hybridized carbons (Fsp3) is 0. The number of benzene rings is 6. The van der Waals surface area contributed by atoms with Gasteiger partial charge >= 0.3 is 0 Å². The van der Waals surface area contributed by atoms with Crippen molar-refractivity contribution in [3.63, 3.8) is 0 Å². The molecule has 49 heavy (non-hydrogen) atoms. The van der Waals surface area contributed by atoms with E-state index in [-0.39, 0.29) is 0 Å². The molecule has 0 spiro atoms. The van der Waals surface area contributed by atoms with E-state index in [0.717, 1.165) is 66.1 Å². The molecule has 0 aliphatic heterocycles. The summed E-state index contributed by atoms with van der Waals surface area (Å²) in [5.41, 5.74) is 9.29. The normalized spacial score (nSPS) is 12.2. The molecule has 8 aromatic rings. The number of nitrogens with zero attached hydrogens (tertiary/aromatic N) is 4. The van der Waals surface area contributed by atoms with Crippen LogP contribution in [-0.4, -0.2) is 9.13 Å². The Morgan fingerprint density at radius 3 is 1.88 bits per heavy atom. The summed E-state index contributed by atoms with van der Waals surface area (Å²) < 4.78 is 4.19. The van der Waals surface area contributed by atoms with Gasteiger partial charge in [-0.15, -0.1) is 0 Å². The molecule has 0 unspecified atom stereocenters. The zero-order valence-corrected chi connectivity index (χ0v) is 26.5. The molecule has 0 saturated carbocycles. The van der Waals surface area contributed by atoms with E-state index in [2.05, 4.69) is 101 Å². The number of hydrogen-bond donors (Lipinski definition) is 1. The maximum atomic E-state index is 10.4. The number of para-hydroxylation sites is 5. The summed E-state index contributed by atoms with van der Waals surface area (Å²) in [6.45, 7) is 0. The summed E-state index contributed by atoms with van der Waals surface area (Å²) in [5.74, 6) is 0. The van der Waals surface area contributed by atoms with E-state index >= 15 is 0 Å². The largest absolute Gasteiger partial charge is 0.355 e. The standard InChI is InChI=1S/C44H29N5/c45-27-25-33(49-41-22-10-5-16-35(41)36-17-6-11-23-42(36)49)29-31(30-46)26-28-48-40-21-9-7-18-38(40)44-37(19-12-24-43(44)48)34-15-4-8-20-39(34)47-32-13-2-1-3-14-32/h1-26,28-29,47H/b28-26+,31-29+,33-25-. The lowest BCUT2D eigenvalue weighted by atomic mass is 9.98. The third-order valence-corrected chi connectivity index (χ3v) is 8.89. The zero-order valence-electron chi connectivity index (χ0n) is 26.5.